The largest absolute Gasteiger partial charge is 0.466 e. The quantitative estimate of drug-likeness (QED) is 0.472. The van der Waals surface area contributed by atoms with E-state index in [2.05, 4.69) is 10.2 Å². The van der Waals surface area contributed by atoms with Gasteiger partial charge in [-0.3, -0.25) is 19.5 Å². The molecule has 186 valence electrons. The summed E-state index contributed by atoms with van der Waals surface area (Å²) in [5, 5.41) is 4.08. The number of carbonyl (C=O) groups excluding carboxylic acids is 2. The first-order valence-corrected chi connectivity index (χ1v) is 14.2. The summed E-state index contributed by atoms with van der Waals surface area (Å²) in [5.41, 5.74) is 0.661. The minimum absolute atomic E-state index is 0.0424. The fourth-order valence-electron chi connectivity index (χ4n) is 4.15. The summed E-state index contributed by atoms with van der Waals surface area (Å²) < 4.78 is 11.9. The number of nitrogens with one attached hydrogen (secondary N) is 1. The molecule has 0 radical (unpaired) electrons. The topological polar surface area (TPSA) is 80.2 Å². The molecule has 11 heteroatoms. The van der Waals surface area contributed by atoms with Gasteiger partial charge in [-0.2, -0.15) is 0 Å². The first-order chi connectivity index (χ1) is 16.4. The zero-order valence-corrected chi connectivity index (χ0v) is 22.2. The maximum atomic E-state index is 12.4. The predicted molar refractivity (Wildman–Crippen MR) is 139 cm³/mol. The number of morpholine rings is 1. The van der Waals surface area contributed by atoms with Gasteiger partial charge in [0.1, 0.15) is 4.38 Å². The molecule has 2 atom stereocenters. The molecule has 1 unspecified atom stereocenters. The number of hydrogen-bond acceptors (Lipinski definition) is 8. The van der Waals surface area contributed by atoms with Crippen LogP contribution in [0.2, 0.25) is 10.0 Å². The van der Waals surface area contributed by atoms with Crippen LogP contribution in [0.4, 0.5) is 0 Å². The van der Waals surface area contributed by atoms with Gasteiger partial charge in [0.25, 0.3) is 0 Å². The van der Waals surface area contributed by atoms with Gasteiger partial charge in [-0.25, -0.2) is 0 Å². The standard InChI is InChI=1S/C23H29Cl2N3O4S2/c1-2-31-21(30)23(5-6-23)19-13-33-22(27-19)34-14-20(29)26-10-16-12-28(7-8-32-16)11-15-3-4-17(24)18(25)9-15/h3-4,9,16,19H,2,5-8,10-14H2,1H3,(H,26,29)/t16-,19?/m0/s1. The van der Waals surface area contributed by atoms with E-state index < -0.39 is 5.41 Å². The molecule has 1 aromatic carbocycles. The molecule has 1 N–H and O–H groups in total. The number of amides is 1. The number of rotatable bonds is 9. The molecule has 1 amide bonds. The molecule has 1 saturated carbocycles. The van der Waals surface area contributed by atoms with E-state index in [0.717, 1.165) is 48.2 Å². The van der Waals surface area contributed by atoms with Crippen LogP contribution in [0, 0.1) is 5.41 Å². The molecule has 2 heterocycles. The number of thioether (sulfide) groups is 2. The maximum absolute atomic E-state index is 12.4. The molecule has 34 heavy (non-hydrogen) atoms. The van der Waals surface area contributed by atoms with Crippen LogP contribution in [-0.2, 0) is 25.6 Å². The monoisotopic (exact) mass is 545 g/mol. The van der Waals surface area contributed by atoms with Crippen molar-refractivity contribution < 1.29 is 19.1 Å². The fraction of sp³-hybridized carbons (Fsp3) is 0.609. The number of hydrogen-bond donors (Lipinski definition) is 1. The minimum atomic E-state index is -0.435. The average Bonchev–Trinajstić information content (AvgIpc) is 3.50. The van der Waals surface area contributed by atoms with Gasteiger partial charge in [0.15, 0.2) is 0 Å². The van der Waals surface area contributed by atoms with Crippen molar-refractivity contribution in [2.24, 2.45) is 10.4 Å². The number of ether oxygens (including phenoxy) is 2. The van der Waals surface area contributed by atoms with Gasteiger partial charge in [-0.15, -0.1) is 0 Å². The first-order valence-electron chi connectivity index (χ1n) is 11.4. The summed E-state index contributed by atoms with van der Waals surface area (Å²) in [6.07, 6.45) is 1.61. The van der Waals surface area contributed by atoms with Crippen molar-refractivity contribution in [3.63, 3.8) is 0 Å². The average molecular weight is 547 g/mol. The second-order valence-electron chi connectivity index (χ2n) is 8.67. The predicted octanol–water partition coefficient (Wildman–Crippen LogP) is 3.86. The summed E-state index contributed by atoms with van der Waals surface area (Å²) in [5.74, 6) is 0.889. The third-order valence-electron chi connectivity index (χ3n) is 6.20. The number of benzene rings is 1. The number of carbonyl (C=O) groups is 2. The highest BCUT2D eigenvalue weighted by Gasteiger charge is 2.58. The van der Waals surface area contributed by atoms with Crippen LogP contribution in [0.1, 0.15) is 25.3 Å². The van der Waals surface area contributed by atoms with Crippen molar-refractivity contribution in [1.29, 1.82) is 0 Å². The normalized spacial score (nSPS) is 23.9. The van der Waals surface area contributed by atoms with Crippen molar-refractivity contribution >= 4 is 63.0 Å². The van der Waals surface area contributed by atoms with Crippen molar-refractivity contribution in [2.45, 2.75) is 38.5 Å². The summed E-state index contributed by atoms with van der Waals surface area (Å²) in [7, 11) is 0. The number of nitrogens with zero attached hydrogens (tertiary/aromatic N) is 2. The van der Waals surface area contributed by atoms with Crippen LogP contribution in [-0.4, -0.2) is 77.7 Å². The molecule has 0 bridgehead atoms. The molecule has 0 spiro atoms. The summed E-state index contributed by atoms with van der Waals surface area (Å²) in [6.45, 7) is 5.61. The highest BCUT2D eigenvalue weighted by Crippen LogP contribution is 2.54. The maximum Gasteiger partial charge on any atom is 0.314 e. The van der Waals surface area contributed by atoms with E-state index in [4.69, 9.17) is 37.7 Å². The molecule has 1 aliphatic carbocycles. The fourth-order valence-corrected chi connectivity index (χ4v) is 6.64. The van der Waals surface area contributed by atoms with Gasteiger partial charge in [-0.05, 0) is 37.5 Å². The Hall–Kier alpha value is -0.970. The third-order valence-corrected chi connectivity index (χ3v) is 9.24. The molecule has 0 aromatic heterocycles. The second-order valence-corrected chi connectivity index (χ2v) is 11.7. The molecule has 1 aromatic rings. The molecular formula is C23H29Cl2N3O4S2. The molecule has 2 fully saturated rings. The Morgan fingerprint density at radius 1 is 1.35 bits per heavy atom. The molecule has 3 aliphatic rings. The minimum Gasteiger partial charge on any atom is -0.466 e. The Morgan fingerprint density at radius 3 is 2.91 bits per heavy atom. The lowest BCUT2D eigenvalue weighted by Crippen LogP contribution is -2.47. The summed E-state index contributed by atoms with van der Waals surface area (Å²) in [6, 6.07) is 5.63. The van der Waals surface area contributed by atoms with Crippen LogP contribution < -0.4 is 5.32 Å². The second kappa shape index (κ2) is 11.8. The Kier molecular flexibility index (Phi) is 9.09. The van der Waals surface area contributed by atoms with E-state index in [0.29, 0.717) is 35.6 Å². The Bertz CT molecular complexity index is 945. The van der Waals surface area contributed by atoms with Crippen molar-refractivity contribution in [1.82, 2.24) is 10.2 Å². The van der Waals surface area contributed by atoms with E-state index in [9.17, 15) is 9.59 Å². The lowest BCUT2D eigenvalue weighted by atomic mass is 9.99. The van der Waals surface area contributed by atoms with Gasteiger partial charge in [0.2, 0.25) is 5.91 Å². The van der Waals surface area contributed by atoms with E-state index in [-0.39, 0.29) is 24.0 Å². The Balaban J connectivity index is 1.18. The highest BCUT2D eigenvalue weighted by atomic mass is 35.5. The van der Waals surface area contributed by atoms with Crippen LogP contribution in [0.3, 0.4) is 0 Å². The lowest BCUT2D eigenvalue weighted by molar-refractivity contribution is -0.150. The SMILES string of the molecule is CCOC(=O)C1(C2CSC(SCC(=O)NC[C@H]3CN(Cc4ccc(Cl)c(Cl)c4)CCO3)=N2)CC1. The Labute approximate surface area is 218 Å². The van der Waals surface area contributed by atoms with Crippen LogP contribution in [0.15, 0.2) is 23.2 Å². The van der Waals surface area contributed by atoms with Gasteiger partial charge >= 0.3 is 5.97 Å². The highest BCUT2D eigenvalue weighted by molar-refractivity contribution is 8.39. The van der Waals surface area contributed by atoms with Gasteiger partial charge in [0, 0.05) is 31.9 Å². The first kappa shape index (κ1) is 26.1. The van der Waals surface area contributed by atoms with Gasteiger partial charge in [-0.1, -0.05) is 52.8 Å². The lowest BCUT2D eigenvalue weighted by Gasteiger charge is -2.33. The van der Waals surface area contributed by atoms with Crippen LogP contribution in [0.25, 0.3) is 0 Å². The molecule has 2 aliphatic heterocycles. The molecule has 7 nitrogen and oxygen atoms in total. The molecule has 1 saturated heterocycles. The zero-order chi connectivity index (χ0) is 24.1. The van der Waals surface area contributed by atoms with Crippen molar-refractivity contribution in [3.8, 4) is 0 Å². The van der Waals surface area contributed by atoms with E-state index in [1.807, 2.05) is 25.1 Å². The number of esters is 1. The van der Waals surface area contributed by atoms with E-state index in [1.165, 1.54) is 11.8 Å². The Morgan fingerprint density at radius 2 is 2.18 bits per heavy atom. The van der Waals surface area contributed by atoms with E-state index in [1.54, 1.807) is 11.8 Å². The third kappa shape index (κ3) is 6.62. The number of halogens is 2. The molecule has 4 rings (SSSR count). The van der Waals surface area contributed by atoms with E-state index >= 15 is 0 Å². The van der Waals surface area contributed by atoms with Crippen LogP contribution >= 0.6 is 46.7 Å². The zero-order valence-electron chi connectivity index (χ0n) is 19.1. The molecular weight excluding hydrogens is 517 g/mol. The smallest absolute Gasteiger partial charge is 0.314 e. The number of aliphatic imine (C=N–C) groups is 1. The van der Waals surface area contributed by atoms with Crippen LogP contribution in [0.5, 0.6) is 0 Å². The summed E-state index contributed by atoms with van der Waals surface area (Å²) >= 11 is 15.2. The van der Waals surface area contributed by atoms with Gasteiger partial charge < -0.3 is 14.8 Å². The van der Waals surface area contributed by atoms with Crippen molar-refractivity contribution in [2.75, 3.05) is 44.4 Å². The van der Waals surface area contributed by atoms with Crippen molar-refractivity contribution in [3.05, 3.63) is 33.8 Å². The van der Waals surface area contributed by atoms with Gasteiger partial charge in [0.05, 0.1) is 46.6 Å². The summed E-state index contributed by atoms with van der Waals surface area (Å²) in [4.78, 5) is 31.7.